The minimum Gasteiger partial charge on any atom is -0.493 e. The Morgan fingerprint density at radius 3 is 2.71 bits per heavy atom. The zero-order valence-corrected chi connectivity index (χ0v) is 14.4. The van der Waals surface area contributed by atoms with Crippen molar-refractivity contribution in [2.24, 2.45) is 11.3 Å². The van der Waals surface area contributed by atoms with E-state index in [0.717, 1.165) is 18.1 Å². The van der Waals surface area contributed by atoms with Crippen molar-refractivity contribution < 1.29 is 25.5 Å². The largest absolute Gasteiger partial charge is 0.493 e. The number of methoxy groups -OCH3 is 2. The minimum atomic E-state index is -3.09. The highest BCUT2D eigenvalue weighted by Crippen LogP contribution is 2.44. The Morgan fingerprint density at radius 2 is 2.04 bits per heavy atom. The smallest absolute Gasteiger partial charge is 0.161 e. The number of nitrogens with zero attached hydrogens (tertiary/aromatic N) is 1. The van der Waals surface area contributed by atoms with Gasteiger partial charge < -0.3 is 14.6 Å². The molecule has 0 saturated carbocycles. The lowest BCUT2D eigenvalue weighted by Crippen LogP contribution is -2.48. The van der Waals surface area contributed by atoms with Crippen LogP contribution < -0.4 is 9.47 Å². The molecular weight excluding hydrogens is 302 g/mol. The van der Waals surface area contributed by atoms with E-state index in [9.17, 15) is 5.11 Å². The molecule has 2 heterocycles. The number of benzene rings is 1. The summed E-state index contributed by atoms with van der Waals surface area (Å²) in [6, 6.07) is 3.55. The van der Waals surface area contributed by atoms with Crippen LogP contribution in [0.1, 0.15) is 61.6 Å². The predicted octanol–water partition coefficient (Wildman–Crippen LogP) is 3.42. The zero-order chi connectivity index (χ0) is 24.3. The molecule has 0 aromatic heterocycles. The van der Waals surface area contributed by atoms with E-state index in [-0.39, 0.29) is 19.0 Å². The molecule has 24 heavy (non-hydrogen) atoms. The molecule has 4 nitrogen and oxygen atoms in total. The van der Waals surface area contributed by atoms with Crippen molar-refractivity contribution in [3.05, 3.63) is 23.3 Å². The van der Waals surface area contributed by atoms with Gasteiger partial charge in [0.2, 0.25) is 0 Å². The monoisotopic (exact) mass is 341 g/mol. The van der Waals surface area contributed by atoms with Gasteiger partial charge >= 0.3 is 0 Å². The molecule has 4 heteroatoms. The highest BCUT2D eigenvalue weighted by atomic mass is 16.5. The second-order valence-corrected chi connectivity index (χ2v) is 6.85. The number of fused-ring (bicyclic) bond motifs is 3. The van der Waals surface area contributed by atoms with Crippen LogP contribution in [0.4, 0.5) is 0 Å². The third kappa shape index (κ3) is 3.40. The first-order chi connectivity index (χ1) is 14.6. The molecule has 0 radical (unpaired) electrons. The van der Waals surface area contributed by atoms with Gasteiger partial charge in [0.1, 0.15) is 0 Å². The van der Waals surface area contributed by atoms with Crippen molar-refractivity contribution in [3.63, 3.8) is 0 Å². The molecule has 2 aliphatic heterocycles. The van der Waals surface area contributed by atoms with Crippen LogP contribution >= 0.6 is 0 Å². The Hall–Kier alpha value is -1.26. The summed E-state index contributed by atoms with van der Waals surface area (Å²) in [6.45, 7) is -4.60. The molecule has 0 bridgehead atoms. The predicted molar refractivity (Wildman–Crippen MR) is 95.7 cm³/mol. The van der Waals surface area contributed by atoms with Crippen molar-refractivity contribution >= 4 is 0 Å². The summed E-state index contributed by atoms with van der Waals surface area (Å²) in [5.41, 5.74) is -0.649. The highest BCUT2D eigenvalue weighted by molar-refractivity contribution is 5.49. The van der Waals surface area contributed by atoms with Crippen molar-refractivity contribution in [1.29, 1.82) is 0 Å². The Bertz CT molecular complexity index is 840. The molecule has 0 spiro atoms. The Balaban J connectivity index is 1.98. The first-order valence-electron chi connectivity index (χ1n) is 12.3. The molecule has 3 rings (SSSR count). The summed E-state index contributed by atoms with van der Waals surface area (Å²) in [4.78, 5) is 2.00. The minimum absolute atomic E-state index is 0.0500. The molecule has 1 aromatic rings. The van der Waals surface area contributed by atoms with Crippen molar-refractivity contribution in [1.82, 2.24) is 4.90 Å². The number of piperidine rings is 1. The average Bonchev–Trinajstić information content (AvgIpc) is 2.69. The third-order valence-electron chi connectivity index (χ3n) is 4.95. The van der Waals surface area contributed by atoms with Crippen molar-refractivity contribution in [3.8, 4) is 11.5 Å². The van der Waals surface area contributed by atoms with Gasteiger partial charge in [-0.15, -0.1) is 0 Å². The zero-order valence-electron chi connectivity index (χ0n) is 22.4. The lowest BCUT2D eigenvalue weighted by molar-refractivity contribution is -0.0259. The maximum Gasteiger partial charge on any atom is 0.161 e. The lowest BCUT2D eigenvalue weighted by atomic mass is 9.75. The Kier molecular flexibility index (Phi) is 2.74. The number of aliphatic hydroxyl groups excluding tert-OH is 1. The van der Waals surface area contributed by atoms with Gasteiger partial charge in [-0.3, -0.25) is 4.90 Å². The third-order valence-corrected chi connectivity index (χ3v) is 4.95. The summed E-state index contributed by atoms with van der Waals surface area (Å²) in [5, 5.41) is 11.0. The number of hydrogen-bond acceptors (Lipinski definition) is 4. The molecular formula is C20H31NO3. The van der Waals surface area contributed by atoms with Gasteiger partial charge in [-0.1, -0.05) is 20.6 Å². The molecule has 0 aliphatic carbocycles. The Morgan fingerprint density at radius 1 is 1.33 bits per heavy atom. The fourth-order valence-electron chi connectivity index (χ4n) is 3.85. The molecule has 1 aromatic carbocycles. The van der Waals surface area contributed by atoms with Crippen LogP contribution in [0.5, 0.6) is 11.5 Å². The molecule has 1 fully saturated rings. The van der Waals surface area contributed by atoms with Crippen LogP contribution in [0.25, 0.3) is 0 Å². The molecule has 2 aliphatic rings. The molecule has 3 atom stereocenters. The van der Waals surface area contributed by atoms with E-state index in [1.807, 2.05) is 17.0 Å². The topological polar surface area (TPSA) is 41.9 Å². The summed E-state index contributed by atoms with van der Waals surface area (Å²) in [7, 11) is 3.10. The van der Waals surface area contributed by atoms with Crippen LogP contribution in [0.15, 0.2) is 12.1 Å². The maximum absolute atomic E-state index is 11.0. The maximum atomic E-state index is 11.0. The summed E-state index contributed by atoms with van der Waals surface area (Å²) < 4.78 is 75.3. The van der Waals surface area contributed by atoms with Gasteiger partial charge in [-0.25, -0.2) is 0 Å². The fourth-order valence-corrected chi connectivity index (χ4v) is 3.85. The number of hydrogen-bond donors (Lipinski definition) is 1. The van der Waals surface area contributed by atoms with E-state index < -0.39 is 37.5 Å². The SMILES string of the molecule is [2H]C([2H])([2H])C(C)(C([2H])([2H])[2H])C([2H])([2H])C1CN2CCc3cc(OC)c(OC)cc3C2CC1O. The van der Waals surface area contributed by atoms with Crippen LogP contribution in [0.2, 0.25) is 0 Å². The van der Waals surface area contributed by atoms with E-state index in [0.29, 0.717) is 24.5 Å². The van der Waals surface area contributed by atoms with E-state index in [1.54, 1.807) is 7.11 Å². The standard InChI is InChI=1S/C20H31NO3/c1-20(2,3)11-14-12-21-7-6-13-8-18(23-4)19(24-5)9-15(13)16(21)10-17(14)22/h8-9,14,16-17,22H,6-7,10-12H2,1-5H3/i1D3,2D3,11D2. The van der Waals surface area contributed by atoms with E-state index in [4.69, 9.17) is 20.4 Å². The first kappa shape index (κ1) is 10.0. The highest BCUT2D eigenvalue weighted by Gasteiger charge is 2.39. The number of aliphatic hydroxyl groups is 1. The van der Waals surface area contributed by atoms with Crippen LogP contribution in [-0.2, 0) is 6.42 Å². The second-order valence-electron chi connectivity index (χ2n) is 6.85. The van der Waals surface area contributed by atoms with E-state index >= 15 is 0 Å². The normalized spacial score (nSPS) is 33.9. The summed E-state index contributed by atoms with van der Waals surface area (Å²) >= 11 is 0. The second kappa shape index (κ2) is 6.57. The van der Waals surface area contributed by atoms with Gasteiger partial charge in [0, 0.05) is 30.1 Å². The average molecular weight is 342 g/mol. The quantitative estimate of drug-likeness (QED) is 0.915. The number of rotatable bonds is 3. The van der Waals surface area contributed by atoms with E-state index in [2.05, 4.69) is 0 Å². The number of ether oxygens (including phenoxy) is 2. The first-order valence-corrected chi connectivity index (χ1v) is 8.27. The van der Waals surface area contributed by atoms with Gasteiger partial charge in [0.05, 0.1) is 20.3 Å². The molecule has 3 unspecified atom stereocenters. The Labute approximate surface area is 157 Å². The van der Waals surface area contributed by atoms with Crippen molar-refractivity contribution in [2.45, 2.75) is 52.0 Å². The summed E-state index contributed by atoms with van der Waals surface area (Å²) in [5.74, 6) is -0.0138. The van der Waals surface area contributed by atoms with Crippen LogP contribution in [0.3, 0.4) is 0 Å². The molecule has 0 amide bonds. The summed E-state index contributed by atoms with van der Waals surface area (Å²) in [6.07, 6.45) is -3.07. The molecule has 1 N–H and O–H groups in total. The van der Waals surface area contributed by atoms with Gasteiger partial charge in [-0.05, 0) is 53.8 Å². The fraction of sp³-hybridized carbons (Fsp3) is 0.700. The van der Waals surface area contributed by atoms with Gasteiger partial charge in [0.15, 0.2) is 11.5 Å². The van der Waals surface area contributed by atoms with E-state index in [1.165, 1.54) is 7.11 Å². The van der Waals surface area contributed by atoms with Gasteiger partial charge in [-0.2, -0.15) is 0 Å². The van der Waals surface area contributed by atoms with Crippen LogP contribution in [0, 0.1) is 11.3 Å². The van der Waals surface area contributed by atoms with Crippen molar-refractivity contribution in [2.75, 3.05) is 27.3 Å². The molecule has 134 valence electrons. The van der Waals surface area contributed by atoms with Crippen LogP contribution in [-0.4, -0.2) is 43.4 Å². The lowest BCUT2D eigenvalue weighted by Gasteiger charge is -2.47. The molecule has 1 saturated heterocycles. The van der Waals surface area contributed by atoms with Gasteiger partial charge in [0.25, 0.3) is 0 Å².